The molecule has 2 aromatic heterocycles. The second-order valence-corrected chi connectivity index (χ2v) is 7.73. The topological polar surface area (TPSA) is 38.5 Å². The van der Waals surface area contributed by atoms with Gasteiger partial charge in [-0.3, -0.25) is 4.90 Å². The Hall–Kier alpha value is -2.33. The van der Waals surface area contributed by atoms with Gasteiger partial charge in [0.05, 0.1) is 0 Å². The van der Waals surface area contributed by atoms with Crippen LogP contribution in [0, 0.1) is 5.92 Å². The Morgan fingerprint density at radius 1 is 1.16 bits per heavy atom. The highest BCUT2D eigenvalue weighted by Gasteiger charge is 2.57. The lowest BCUT2D eigenvalue weighted by Crippen LogP contribution is -2.64. The van der Waals surface area contributed by atoms with Crippen molar-refractivity contribution < 1.29 is 9.15 Å². The van der Waals surface area contributed by atoms with Gasteiger partial charge in [0.1, 0.15) is 16.9 Å². The molecule has 3 fully saturated rings. The number of nitrogens with zero attached hydrogens (tertiary/aromatic N) is 2. The van der Waals surface area contributed by atoms with Gasteiger partial charge >= 0.3 is 0 Å². The molecular weight excluding hydrogens is 312 g/mol. The van der Waals surface area contributed by atoms with E-state index in [9.17, 15) is 0 Å². The lowest BCUT2D eigenvalue weighted by molar-refractivity contribution is -0.0967. The molecule has 3 saturated heterocycles. The molecule has 4 aliphatic rings. The van der Waals surface area contributed by atoms with Crippen LogP contribution in [0.1, 0.15) is 23.7 Å². The number of fused-ring (bicyclic) bond motifs is 4. The van der Waals surface area contributed by atoms with E-state index >= 15 is 0 Å². The van der Waals surface area contributed by atoms with Gasteiger partial charge in [-0.15, -0.1) is 0 Å². The van der Waals surface area contributed by atoms with Gasteiger partial charge in [0.15, 0.2) is 0 Å². The molecule has 4 atom stereocenters. The van der Waals surface area contributed by atoms with Gasteiger partial charge in [0.2, 0.25) is 5.88 Å². The molecule has 126 valence electrons. The fourth-order valence-corrected chi connectivity index (χ4v) is 5.26. The van der Waals surface area contributed by atoms with Gasteiger partial charge in [0.25, 0.3) is 0 Å². The van der Waals surface area contributed by atoms with Gasteiger partial charge < -0.3 is 9.15 Å². The smallest absolute Gasteiger partial charge is 0.217 e. The van der Waals surface area contributed by atoms with Crippen LogP contribution < -0.4 is 4.74 Å². The summed E-state index contributed by atoms with van der Waals surface area (Å²) >= 11 is 0. The number of benzene rings is 1. The maximum absolute atomic E-state index is 6.50. The molecule has 6 heterocycles. The Morgan fingerprint density at radius 3 is 3.00 bits per heavy atom. The lowest BCUT2D eigenvalue weighted by Gasteiger charge is -2.53. The number of rotatable bonds is 1. The molecule has 7 rings (SSSR count). The highest BCUT2D eigenvalue weighted by molar-refractivity contribution is 5.77. The molecule has 2 bridgehead atoms. The van der Waals surface area contributed by atoms with Crippen molar-refractivity contribution in [1.29, 1.82) is 0 Å². The quantitative estimate of drug-likeness (QED) is 0.682. The maximum Gasteiger partial charge on any atom is 0.217 e. The van der Waals surface area contributed by atoms with Gasteiger partial charge in [0, 0.05) is 48.5 Å². The van der Waals surface area contributed by atoms with Crippen molar-refractivity contribution >= 4 is 11.0 Å². The molecule has 1 spiro atoms. The summed E-state index contributed by atoms with van der Waals surface area (Å²) in [6, 6.07) is 14.7. The van der Waals surface area contributed by atoms with Crippen LogP contribution in [0.15, 0.2) is 53.1 Å². The first-order valence-electron chi connectivity index (χ1n) is 9.14. The molecule has 25 heavy (non-hydrogen) atoms. The second-order valence-electron chi connectivity index (χ2n) is 7.73. The normalized spacial score (nSPS) is 32.9. The Morgan fingerprint density at radius 2 is 2.12 bits per heavy atom. The minimum Gasteiger partial charge on any atom is -0.469 e. The fraction of sp³-hybridized carbons (Fsp3) is 0.381. The summed E-state index contributed by atoms with van der Waals surface area (Å²) in [5.74, 6) is 2.82. The summed E-state index contributed by atoms with van der Waals surface area (Å²) in [4.78, 5) is 7.01. The third kappa shape index (κ3) is 1.94. The molecule has 3 aromatic rings. The largest absolute Gasteiger partial charge is 0.469 e. The molecule has 4 heteroatoms. The first-order valence-corrected chi connectivity index (χ1v) is 9.14. The third-order valence-electron chi connectivity index (χ3n) is 6.31. The van der Waals surface area contributed by atoms with Crippen molar-refractivity contribution in [1.82, 2.24) is 9.88 Å². The standard InChI is InChI=1S/C21H20N2O2/c1-2-6-18-14(4-1)10-19(24-18)16-12-23-9-7-17(16)21(13-23)11-15-5-3-8-22-20(15)25-21/h1-6,8,10,16-17H,7,9,11-13H2/t16?,17?,21-/m0/s1. The maximum atomic E-state index is 6.50. The molecule has 3 unspecified atom stereocenters. The van der Waals surface area contributed by atoms with E-state index in [0.717, 1.165) is 49.7 Å². The molecular formula is C21H20N2O2. The van der Waals surface area contributed by atoms with Gasteiger partial charge in [-0.05, 0) is 31.2 Å². The summed E-state index contributed by atoms with van der Waals surface area (Å²) in [6.07, 6.45) is 3.96. The molecule has 4 nitrogen and oxygen atoms in total. The van der Waals surface area contributed by atoms with E-state index in [0.29, 0.717) is 11.8 Å². The summed E-state index contributed by atoms with van der Waals surface area (Å²) in [5, 5.41) is 1.19. The number of pyridine rings is 1. The zero-order valence-corrected chi connectivity index (χ0v) is 14.0. The number of hydrogen-bond donors (Lipinski definition) is 0. The van der Waals surface area contributed by atoms with Gasteiger partial charge in [-0.1, -0.05) is 24.3 Å². The Kier molecular flexibility index (Phi) is 2.70. The van der Waals surface area contributed by atoms with Gasteiger partial charge in [-0.25, -0.2) is 4.98 Å². The van der Waals surface area contributed by atoms with Crippen molar-refractivity contribution in [3.63, 3.8) is 0 Å². The Labute approximate surface area is 146 Å². The van der Waals surface area contributed by atoms with E-state index in [1.54, 1.807) is 0 Å². The molecule has 0 saturated carbocycles. The predicted molar refractivity (Wildman–Crippen MR) is 94.8 cm³/mol. The zero-order valence-electron chi connectivity index (χ0n) is 14.0. The van der Waals surface area contributed by atoms with Crippen LogP contribution >= 0.6 is 0 Å². The monoisotopic (exact) mass is 332 g/mol. The number of ether oxygens (including phenoxy) is 1. The van der Waals surface area contributed by atoms with Crippen LogP contribution in [0.2, 0.25) is 0 Å². The van der Waals surface area contributed by atoms with E-state index < -0.39 is 0 Å². The molecule has 0 amide bonds. The number of furan rings is 1. The lowest BCUT2D eigenvalue weighted by atomic mass is 9.67. The van der Waals surface area contributed by atoms with Crippen molar-refractivity contribution in [2.24, 2.45) is 5.92 Å². The summed E-state index contributed by atoms with van der Waals surface area (Å²) in [5.41, 5.74) is 2.09. The van der Waals surface area contributed by atoms with E-state index in [1.165, 1.54) is 10.9 Å². The average Bonchev–Trinajstić information content (AvgIpc) is 3.22. The molecule has 0 N–H and O–H groups in total. The van der Waals surface area contributed by atoms with Crippen molar-refractivity contribution in [2.75, 3.05) is 19.6 Å². The van der Waals surface area contributed by atoms with Crippen molar-refractivity contribution in [3.8, 4) is 5.88 Å². The average molecular weight is 332 g/mol. The Bertz CT molecular complexity index is 905. The van der Waals surface area contributed by atoms with Crippen LogP contribution in [0.5, 0.6) is 5.88 Å². The molecule has 4 aliphatic heterocycles. The van der Waals surface area contributed by atoms with E-state index in [4.69, 9.17) is 9.15 Å². The molecule has 0 radical (unpaired) electrons. The highest BCUT2D eigenvalue weighted by atomic mass is 16.5. The second kappa shape index (κ2) is 4.85. The van der Waals surface area contributed by atoms with E-state index in [-0.39, 0.29) is 5.60 Å². The number of hydrogen-bond acceptors (Lipinski definition) is 4. The van der Waals surface area contributed by atoms with Crippen molar-refractivity contribution in [2.45, 2.75) is 24.4 Å². The number of para-hydroxylation sites is 1. The number of aromatic nitrogens is 1. The minimum atomic E-state index is -0.142. The summed E-state index contributed by atoms with van der Waals surface area (Å²) in [6.45, 7) is 3.24. The summed E-state index contributed by atoms with van der Waals surface area (Å²) in [7, 11) is 0. The van der Waals surface area contributed by atoms with Gasteiger partial charge in [-0.2, -0.15) is 0 Å². The Balaban J connectivity index is 1.41. The summed E-state index contributed by atoms with van der Waals surface area (Å²) < 4.78 is 12.7. The van der Waals surface area contributed by atoms with E-state index in [1.807, 2.05) is 18.3 Å². The molecule has 1 aromatic carbocycles. The van der Waals surface area contributed by atoms with E-state index in [2.05, 4.69) is 40.2 Å². The predicted octanol–water partition coefficient (Wildman–Crippen LogP) is 3.62. The molecule has 0 aliphatic carbocycles. The highest BCUT2D eigenvalue weighted by Crippen LogP contribution is 2.51. The zero-order chi connectivity index (χ0) is 16.4. The third-order valence-corrected chi connectivity index (χ3v) is 6.31. The first kappa shape index (κ1) is 13.9. The SMILES string of the molecule is c1cnc2c(c1)C[C@@]1(CN3CCC1C(c1cc4ccccc4o1)C3)O2. The van der Waals surface area contributed by atoms with Crippen LogP contribution in [-0.4, -0.2) is 35.1 Å². The first-order chi connectivity index (χ1) is 12.3. The van der Waals surface area contributed by atoms with Crippen molar-refractivity contribution in [3.05, 3.63) is 60.0 Å². The van der Waals surface area contributed by atoms with Crippen LogP contribution in [-0.2, 0) is 6.42 Å². The minimum absolute atomic E-state index is 0.142. The fourth-order valence-electron chi connectivity index (χ4n) is 5.26. The number of piperidine rings is 3. The van der Waals surface area contributed by atoms with Crippen LogP contribution in [0.4, 0.5) is 0 Å². The van der Waals surface area contributed by atoms with Crippen LogP contribution in [0.3, 0.4) is 0 Å². The van der Waals surface area contributed by atoms with Crippen LogP contribution in [0.25, 0.3) is 11.0 Å².